The number of anilines is 2. The molecule has 1 aromatic heterocycles. The van der Waals surface area contributed by atoms with E-state index in [4.69, 9.17) is 11.0 Å². The van der Waals surface area contributed by atoms with E-state index in [-0.39, 0.29) is 5.82 Å². The molecule has 2 amide bonds. The topological polar surface area (TPSA) is 137 Å². The van der Waals surface area contributed by atoms with Gasteiger partial charge in [-0.2, -0.15) is 10.4 Å². The number of nitrogens with two attached hydrogens (primary N) is 1. The van der Waals surface area contributed by atoms with Crippen molar-refractivity contribution >= 4 is 23.3 Å². The van der Waals surface area contributed by atoms with Gasteiger partial charge in [0.2, 0.25) is 0 Å². The molecule has 1 aromatic carbocycles. The second kappa shape index (κ2) is 8.16. The van der Waals surface area contributed by atoms with Crippen molar-refractivity contribution in [2.24, 2.45) is 0 Å². The number of aromatic amines is 1. The van der Waals surface area contributed by atoms with Gasteiger partial charge in [0.1, 0.15) is 11.6 Å². The van der Waals surface area contributed by atoms with Gasteiger partial charge >= 0.3 is 11.8 Å². The fourth-order valence-corrected chi connectivity index (χ4v) is 2.79. The number of carbonyl (C=O) groups is 2. The molecule has 5 N–H and O–H groups in total. The number of benzene rings is 1. The molecule has 8 nitrogen and oxygen atoms in total. The quantitative estimate of drug-likeness (QED) is 0.476. The Morgan fingerprint density at radius 1 is 1.23 bits per heavy atom. The molecule has 0 unspecified atom stereocenters. The minimum Gasteiger partial charge on any atom is -0.381 e. The SMILES string of the molecule is Cc1cc(C)c(NC(=O)C(=O)NCCCc2[nH]nc(N)c2C#N)c(C)c1. The highest BCUT2D eigenvalue weighted by molar-refractivity contribution is 6.39. The second-order valence-electron chi connectivity index (χ2n) is 6.16. The summed E-state index contributed by atoms with van der Waals surface area (Å²) in [6.07, 6.45) is 1.03. The Morgan fingerprint density at radius 3 is 2.50 bits per heavy atom. The third kappa shape index (κ3) is 4.39. The molecule has 0 fully saturated rings. The van der Waals surface area contributed by atoms with Crippen molar-refractivity contribution in [3.8, 4) is 6.07 Å². The lowest BCUT2D eigenvalue weighted by molar-refractivity contribution is -0.136. The Kier molecular flexibility index (Phi) is 5.96. The standard InChI is InChI=1S/C18H22N6O2/c1-10-7-11(2)15(12(3)8-10)22-18(26)17(25)21-6-4-5-14-13(9-19)16(20)24-23-14/h7-8H,4-6H2,1-3H3,(H,21,25)(H,22,26)(H3,20,23,24). The Balaban J connectivity index is 1.85. The van der Waals surface area contributed by atoms with Crippen molar-refractivity contribution in [3.05, 3.63) is 40.1 Å². The van der Waals surface area contributed by atoms with Gasteiger partial charge in [0, 0.05) is 12.2 Å². The van der Waals surface area contributed by atoms with Crippen molar-refractivity contribution in [2.45, 2.75) is 33.6 Å². The fraction of sp³-hybridized carbons (Fsp3) is 0.333. The van der Waals surface area contributed by atoms with E-state index in [1.165, 1.54) is 0 Å². The lowest BCUT2D eigenvalue weighted by Gasteiger charge is -2.12. The molecule has 0 bridgehead atoms. The number of amides is 2. The van der Waals surface area contributed by atoms with Gasteiger partial charge < -0.3 is 16.4 Å². The van der Waals surface area contributed by atoms with Crippen LogP contribution in [0.5, 0.6) is 0 Å². The molecule has 0 radical (unpaired) electrons. The van der Waals surface area contributed by atoms with Crippen LogP contribution in [0.4, 0.5) is 11.5 Å². The molecular weight excluding hydrogens is 332 g/mol. The molecule has 0 saturated heterocycles. The Bertz CT molecular complexity index is 855. The predicted octanol–water partition coefficient (Wildman–Crippen LogP) is 1.48. The van der Waals surface area contributed by atoms with Crippen LogP contribution in [-0.2, 0) is 16.0 Å². The number of hydrogen-bond acceptors (Lipinski definition) is 5. The summed E-state index contributed by atoms with van der Waals surface area (Å²) in [4.78, 5) is 24.0. The van der Waals surface area contributed by atoms with Gasteiger partial charge in [-0.25, -0.2) is 0 Å². The van der Waals surface area contributed by atoms with Gasteiger partial charge in [-0.3, -0.25) is 14.7 Å². The average Bonchev–Trinajstić information content (AvgIpc) is 2.94. The highest BCUT2D eigenvalue weighted by Crippen LogP contribution is 2.21. The third-order valence-electron chi connectivity index (χ3n) is 3.99. The molecule has 0 aliphatic carbocycles. The third-order valence-corrected chi connectivity index (χ3v) is 3.99. The molecule has 0 aliphatic rings. The van der Waals surface area contributed by atoms with Crippen LogP contribution in [-0.4, -0.2) is 28.6 Å². The largest absolute Gasteiger partial charge is 0.381 e. The maximum absolute atomic E-state index is 12.1. The summed E-state index contributed by atoms with van der Waals surface area (Å²) in [6, 6.07) is 5.88. The van der Waals surface area contributed by atoms with E-state index in [2.05, 4.69) is 20.8 Å². The smallest absolute Gasteiger partial charge is 0.313 e. The maximum atomic E-state index is 12.1. The summed E-state index contributed by atoms with van der Waals surface area (Å²) < 4.78 is 0. The van der Waals surface area contributed by atoms with Gasteiger partial charge in [-0.05, 0) is 44.7 Å². The minimum absolute atomic E-state index is 0.162. The lowest BCUT2D eigenvalue weighted by Crippen LogP contribution is -2.36. The van der Waals surface area contributed by atoms with Crippen molar-refractivity contribution in [3.63, 3.8) is 0 Å². The monoisotopic (exact) mass is 354 g/mol. The van der Waals surface area contributed by atoms with Crippen LogP contribution in [0.1, 0.15) is 34.4 Å². The Labute approximate surface area is 151 Å². The summed E-state index contributed by atoms with van der Waals surface area (Å²) in [6.45, 7) is 6.04. The Morgan fingerprint density at radius 2 is 1.88 bits per heavy atom. The number of nitriles is 1. The molecule has 1 heterocycles. The first-order valence-electron chi connectivity index (χ1n) is 8.23. The van der Waals surface area contributed by atoms with Gasteiger partial charge in [-0.15, -0.1) is 0 Å². The zero-order chi connectivity index (χ0) is 19.3. The molecule has 0 aliphatic heterocycles. The molecule has 8 heteroatoms. The van der Waals surface area contributed by atoms with Gasteiger partial charge in [0.05, 0.1) is 5.69 Å². The number of H-pyrrole nitrogens is 1. The van der Waals surface area contributed by atoms with Crippen LogP contribution in [0, 0.1) is 32.1 Å². The molecule has 2 aromatic rings. The summed E-state index contributed by atoms with van der Waals surface area (Å²) in [5, 5.41) is 20.7. The molecule has 0 atom stereocenters. The maximum Gasteiger partial charge on any atom is 0.313 e. The number of aromatic nitrogens is 2. The van der Waals surface area contributed by atoms with Crippen LogP contribution < -0.4 is 16.4 Å². The highest BCUT2D eigenvalue weighted by Gasteiger charge is 2.16. The van der Waals surface area contributed by atoms with Crippen molar-refractivity contribution in [1.29, 1.82) is 5.26 Å². The second-order valence-corrected chi connectivity index (χ2v) is 6.16. The summed E-state index contributed by atoms with van der Waals surface area (Å²) in [5.74, 6) is -1.24. The summed E-state index contributed by atoms with van der Waals surface area (Å²) in [5.41, 5.74) is 10.1. The highest BCUT2D eigenvalue weighted by atomic mass is 16.2. The molecule has 2 rings (SSSR count). The van der Waals surface area contributed by atoms with Crippen molar-refractivity contribution in [1.82, 2.24) is 15.5 Å². The number of aryl methyl sites for hydroxylation is 4. The van der Waals surface area contributed by atoms with E-state index in [1.807, 2.05) is 39.0 Å². The van der Waals surface area contributed by atoms with Crippen LogP contribution >= 0.6 is 0 Å². The van der Waals surface area contributed by atoms with E-state index >= 15 is 0 Å². The van der Waals surface area contributed by atoms with Crippen LogP contribution in [0.2, 0.25) is 0 Å². The van der Waals surface area contributed by atoms with Crippen molar-refractivity contribution in [2.75, 3.05) is 17.6 Å². The molecule has 0 saturated carbocycles. The molecule has 136 valence electrons. The number of rotatable bonds is 5. The number of hydrogen-bond donors (Lipinski definition) is 4. The molecule has 0 spiro atoms. The van der Waals surface area contributed by atoms with E-state index in [1.54, 1.807) is 0 Å². The van der Waals surface area contributed by atoms with E-state index in [0.717, 1.165) is 16.7 Å². The van der Waals surface area contributed by atoms with E-state index in [9.17, 15) is 9.59 Å². The Hall–Kier alpha value is -3.34. The first kappa shape index (κ1) is 19.0. The van der Waals surface area contributed by atoms with E-state index in [0.29, 0.717) is 36.3 Å². The van der Waals surface area contributed by atoms with Gasteiger partial charge in [-0.1, -0.05) is 17.7 Å². The number of nitrogens with one attached hydrogen (secondary N) is 3. The summed E-state index contributed by atoms with van der Waals surface area (Å²) in [7, 11) is 0. The summed E-state index contributed by atoms with van der Waals surface area (Å²) >= 11 is 0. The fourth-order valence-electron chi connectivity index (χ4n) is 2.79. The predicted molar refractivity (Wildman–Crippen MR) is 98.3 cm³/mol. The van der Waals surface area contributed by atoms with Crippen LogP contribution in [0.25, 0.3) is 0 Å². The zero-order valence-electron chi connectivity index (χ0n) is 15.1. The normalized spacial score (nSPS) is 10.2. The van der Waals surface area contributed by atoms with Crippen LogP contribution in [0.3, 0.4) is 0 Å². The lowest BCUT2D eigenvalue weighted by atomic mass is 10.1. The van der Waals surface area contributed by atoms with Gasteiger partial charge in [0.25, 0.3) is 0 Å². The van der Waals surface area contributed by atoms with Crippen LogP contribution in [0.15, 0.2) is 12.1 Å². The minimum atomic E-state index is -0.705. The molecular formula is C18H22N6O2. The van der Waals surface area contributed by atoms with Gasteiger partial charge in [0.15, 0.2) is 5.82 Å². The number of nitrogens with zero attached hydrogens (tertiary/aromatic N) is 2. The first-order chi connectivity index (χ1) is 12.3. The van der Waals surface area contributed by atoms with E-state index < -0.39 is 11.8 Å². The van der Waals surface area contributed by atoms with Crippen molar-refractivity contribution < 1.29 is 9.59 Å². The molecule has 26 heavy (non-hydrogen) atoms. The first-order valence-corrected chi connectivity index (χ1v) is 8.23. The zero-order valence-corrected chi connectivity index (χ0v) is 15.1. The number of carbonyl (C=O) groups excluding carboxylic acids is 2. The number of nitrogen functional groups attached to an aromatic ring is 1. The average molecular weight is 354 g/mol.